The molecule has 6 heteroatoms. The van der Waals surface area contributed by atoms with E-state index in [2.05, 4.69) is 26.1 Å². The number of nitrogens with two attached hydrogens (primary N) is 2. The zero-order valence-electron chi connectivity index (χ0n) is 11.5. The zero-order chi connectivity index (χ0) is 13.6. The van der Waals surface area contributed by atoms with Crippen LogP contribution < -0.4 is 15.9 Å². The molecule has 4 nitrogen and oxygen atoms in total. The second-order valence-electron chi connectivity index (χ2n) is 5.40. The number of quaternary nitrogens is 1. The first-order valence-corrected chi connectivity index (χ1v) is 11.6. The summed E-state index contributed by atoms with van der Waals surface area (Å²) < 4.78 is 2.22. The predicted octanol–water partition coefficient (Wildman–Crippen LogP) is -0.295. The molecule has 0 bridgehead atoms. The first-order valence-electron chi connectivity index (χ1n) is 6.14. The Hall–Kier alpha value is -0.173. The van der Waals surface area contributed by atoms with Crippen LogP contribution in [0, 0.1) is 0 Å². The van der Waals surface area contributed by atoms with Gasteiger partial charge in [0.05, 0.1) is 0 Å². The Morgan fingerprint density at radius 3 is 2.50 bits per heavy atom. The van der Waals surface area contributed by atoms with Gasteiger partial charge in [-0.15, -0.1) is 0 Å². The van der Waals surface area contributed by atoms with E-state index in [1.807, 2.05) is 6.07 Å². The summed E-state index contributed by atoms with van der Waals surface area (Å²) in [6, 6.07) is 1.83. The number of hydrogen-bond donors (Lipinski definition) is 2. The number of nitrogen functional groups attached to an aromatic ring is 2. The summed E-state index contributed by atoms with van der Waals surface area (Å²) in [4.78, 5) is 4.35. The number of rotatable bonds is 7. The van der Waals surface area contributed by atoms with Crippen molar-refractivity contribution in [1.29, 1.82) is 0 Å². The van der Waals surface area contributed by atoms with E-state index in [-0.39, 0.29) is 31.5 Å². The van der Waals surface area contributed by atoms with Crippen LogP contribution in [-0.2, 0) is 0 Å². The van der Waals surface area contributed by atoms with Crippen LogP contribution in [-0.4, -0.2) is 68.7 Å². The third-order valence-corrected chi connectivity index (χ3v) is 9.80. The molecule has 1 heterocycles. The summed E-state index contributed by atoms with van der Waals surface area (Å²) in [6.07, 6.45) is 1.72. The maximum atomic E-state index is 5.92. The first-order chi connectivity index (χ1) is 8.38. The molecule has 0 saturated carbocycles. The van der Waals surface area contributed by atoms with Crippen molar-refractivity contribution in [3.05, 3.63) is 12.3 Å². The summed E-state index contributed by atoms with van der Waals surface area (Å²) in [5.74, 6) is 0. The molecule has 0 saturated heterocycles. The number of anilines is 2. The van der Waals surface area contributed by atoms with E-state index in [4.69, 9.17) is 11.5 Å². The van der Waals surface area contributed by atoms with E-state index in [0.29, 0.717) is 5.69 Å². The molecular weight excluding hydrogens is 350 g/mol. The normalized spacial score (nSPS) is 13.1. The topological polar surface area (TPSA) is 64.9 Å². The van der Waals surface area contributed by atoms with E-state index >= 15 is 0 Å². The van der Waals surface area contributed by atoms with Crippen molar-refractivity contribution in [3.8, 4) is 0 Å². The van der Waals surface area contributed by atoms with Gasteiger partial charge in [0, 0.05) is 0 Å². The standard InChI is InChI=1S/C12H25As2N4/c1-18(2,3)7-6-13-4-5-14-12-11(16)8-10(15)9-17-12/h8-9,13-14H,4-7,15-16H2,1-3H3/q+1. The third kappa shape index (κ3) is 6.68. The van der Waals surface area contributed by atoms with Crippen molar-refractivity contribution < 1.29 is 4.48 Å². The molecule has 2 unspecified atom stereocenters. The molecule has 18 heavy (non-hydrogen) atoms. The third-order valence-electron chi connectivity index (χ3n) is 2.49. The van der Waals surface area contributed by atoms with Gasteiger partial charge in [0.25, 0.3) is 0 Å². The molecule has 1 aromatic rings. The SMILES string of the molecule is C[N+](C)(C)CC[AsH]CC[AsH]c1ncc(N)cc1N. The fourth-order valence-corrected chi connectivity index (χ4v) is 9.05. The maximum absolute atomic E-state index is 5.92. The van der Waals surface area contributed by atoms with Crippen LogP contribution in [0.25, 0.3) is 0 Å². The number of nitrogens with zero attached hydrogens (tertiary/aromatic N) is 2. The van der Waals surface area contributed by atoms with Crippen LogP contribution in [0.4, 0.5) is 11.4 Å². The minimum atomic E-state index is -0.157. The Morgan fingerprint density at radius 1 is 1.17 bits per heavy atom. The molecule has 0 aromatic carbocycles. The van der Waals surface area contributed by atoms with Gasteiger partial charge < -0.3 is 0 Å². The quantitative estimate of drug-likeness (QED) is 0.391. The van der Waals surface area contributed by atoms with Crippen molar-refractivity contribution in [2.24, 2.45) is 0 Å². The van der Waals surface area contributed by atoms with E-state index in [0.717, 1.165) is 14.7 Å². The summed E-state index contributed by atoms with van der Waals surface area (Å²) in [5.41, 5.74) is 13.0. The summed E-state index contributed by atoms with van der Waals surface area (Å²) in [7, 11) is 6.79. The van der Waals surface area contributed by atoms with Gasteiger partial charge in [0.2, 0.25) is 0 Å². The van der Waals surface area contributed by atoms with E-state index in [1.165, 1.54) is 22.2 Å². The predicted molar refractivity (Wildman–Crippen MR) is 84.3 cm³/mol. The van der Waals surface area contributed by atoms with Crippen LogP contribution in [0.2, 0.25) is 15.6 Å². The van der Waals surface area contributed by atoms with Gasteiger partial charge in [-0.3, -0.25) is 0 Å². The molecule has 102 valence electrons. The minimum absolute atomic E-state index is 0.157. The van der Waals surface area contributed by atoms with Crippen molar-refractivity contribution in [3.63, 3.8) is 0 Å². The van der Waals surface area contributed by atoms with Gasteiger partial charge in [-0.25, -0.2) is 0 Å². The second kappa shape index (κ2) is 7.42. The van der Waals surface area contributed by atoms with Gasteiger partial charge in [-0.1, -0.05) is 0 Å². The van der Waals surface area contributed by atoms with Gasteiger partial charge in [0.15, 0.2) is 0 Å². The van der Waals surface area contributed by atoms with Gasteiger partial charge >= 0.3 is 124 Å². The fourth-order valence-electron chi connectivity index (χ4n) is 1.46. The Labute approximate surface area is 123 Å². The van der Waals surface area contributed by atoms with Gasteiger partial charge in [0.1, 0.15) is 0 Å². The summed E-state index contributed by atoms with van der Waals surface area (Å²) in [6.45, 7) is 1.31. The Bertz CT molecular complexity index is 377. The van der Waals surface area contributed by atoms with Crippen molar-refractivity contribution in [2.45, 2.75) is 15.6 Å². The second-order valence-corrected chi connectivity index (χ2v) is 11.3. The van der Waals surface area contributed by atoms with Crippen molar-refractivity contribution in [2.75, 3.05) is 39.2 Å². The molecule has 0 spiro atoms. The number of hydrogen-bond acceptors (Lipinski definition) is 3. The molecule has 4 N–H and O–H groups in total. The summed E-state index contributed by atoms with van der Waals surface area (Å²) >= 11 is 0.0804. The number of pyridine rings is 1. The Kier molecular flexibility index (Phi) is 6.55. The molecular formula is C12H25As2N4+. The molecule has 0 amide bonds. The number of aromatic nitrogens is 1. The zero-order valence-corrected chi connectivity index (χ0v) is 15.7. The van der Waals surface area contributed by atoms with Gasteiger partial charge in [-0.2, -0.15) is 0 Å². The first kappa shape index (κ1) is 15.9. The van der Waals surface area contributed by atoms with Crippen LogP contribution in [0.1, 0.15) is 0 Å². The molecule has 0 fully saturated rings. The molecule has 1 aromatic heterocycles. The average Bonchev–Trinajstić information content (AvgIpc) is 2.24. The molecule has 1 rings (SSSR count). The molecule has 2 atom stereocenters. The van der Waals surface area contributed by atoms with Crippen LogP contribution in [0.5, 0.6) is 0 Å². The molecule has 0 radical (unpaired) electrons. The molecule has 0 aliphatic heterocycles. The fraction of sp³-hybridized carbons (Fsp3) is 0.583. The Balaban J connectivity index is 2.18. The molecule has 0 aliphatic rings. The van der Waals surface area contributed by atoms with E-state index in [1.54, 1.807) is 6.20 Å². The molecule has 0 aliphatic carbocycles. The van der Waals surface area contributed by atoms with Crippen molar-refractivity contribution >= 4 is 47.4 Å². The van der Waals surface area contributed by atoms with Gasteiger partial charge in [-0.05, 0) is 0 Å². The van der Waals surface area contributed by atoms with E-state index < -0.39 is 0 Å². The monoisotopic (exact) mass is 375 g/mol. The Morgan fingerprint density at radius 2 is 1.89 bits per heavy atom. The van der Waals surface area contributed by atoms with Crippen LogP contribution in [0.3, 0.4) is 0 Å². The summed E-state index contributed by atoms with van der Waals surface area (Å²) in [5, 5.41) is 4.18. The van der Waals surface area contributed by atoms with E-state index in [9.17, 15) is 0 Å². The van der Waals surface area contributed by atoms with Crippen molar-refractivity contribution in [1.82, 2.24) is 4.98 Å². The van der Waals surface area contributed by atoms with Crippen LogP contribution in [0.15, 0.2) is 12.3 Å². The average molecular weight is 375 g/mol. The van der Waals surface area contributed by atoms with Crippen LogP contribution >= 0.6 is 0 Å².